The maximum Gasteiger partial charge on any atom is 0.0366 e. The fourth-order valence-electron chi connectivity index (χ4n) is 5.74. The first-order chi connectivity index (χ1) is 13.7. The van der Waals surface area contributed by atoms with E-state index in [1.165, 1.54) is 31.4 Å². The molecule has 0 aromatic carbocycles. The number of fused-ring (bicyclic) bond motifs is 3. The molecule has 0 spiro atoms. The summed E-state index contributed by atoms with van der Waals surface area (Å²) < 4.78 is 0. The first-order valence-corrected chi connectivity index (χ1v) is 12.2. The average molecular weight is 392 g/mol. The molecule has 3 aliphatic carbocycles. The highest BCUT2D eigenvalue weighted by Gasteiger charge is 2.45. The molecule has 2 heterocycles. The first kappa shape index (κ1) is 18.6. The Balaban J connectivity index is 1.52. The number of allylic oxidation sites excluding steroid dienone is 10. The Morgan fingerprint density at radius 1 is 1.07 bits per heavy atom. The predicted octanol–water partition coefficient (Wildman–Crippen LogP) is 6.35. The van der Waals surface area contributed by atoms with Crippen LogP contribution in [-0.4, -0.2) is 17.0 Å². The van der Waals surface area contributed by atoms with Crippen molar-refractivity contribution >= 4 is 11.8 Å². The molecule has 0 aromatic rings. The molecular formula is C26H33NS. The van der Waals surface area contributed by atoms with Crippen molar-refractivity contribution < 1.29 is 0 Å². The molecule has 5 atom stereocenters. The molecular weight excluding hydrogens is 358 g/mol. The quantitative estimate of drug-likeness (QED) is 0.563. The Morgan fingerprint density at radius 2 is 2.00 bits per heavy atom. The van der Waals surface area contributed by atoms with Gasteiger partial charge in [0.1, 0.15) is 0 Å². The molecule has 2 aliphatic heterocycles. The lowest BCUT2D eigenvalue weighted by Gasteiger charge is -2.36. The van der Waals surface area contributed by atoms with Gasteiger partial charge in [-0.3, -0.25) is 0 Å². The standard InChI is InChI=1S/C26H33NS/c1-17(2)24-15-22(18-9-4-3-5-10-18)23(16-27-24)21-13-8-12-20-19-11-6-7-14-25(19)28-26(20)21/h3-6,9,11-12,15,17-19,21,25-27H,7-8,10,13-14,16H2,1-2H3. The van der Waals surface area contributed by atoms with Crippen LogP contribution in [0.25, 0.3) is 0 Å². The summed E-state index contributed by atoms with van der Waals surface area (Å²) in [5.74, 6) is 2.54. The van der Waals surface area contributed by atoms with Crippen molar-refractivity contribution in [2.24, 2.45) is 23.7 Å². The van der Waals surface area contributed by atoms with Crippen LogP contribution in [0.3, 0.4) is 0 Å². The van der Waals surface area contributed by atoms with E-state index in [4.69, 9.17) is 0 Å². The highest BCUT2D eigenvalue weighted by atomic mass is 32.2. The maximum atomic E-state index is 3.80. The first-order valence-electron chi connectivity index (χ1n) is 11.3. The van der Waals surface area contributed by atoms with E-state index < -0.39 is 0 Å². The second-order valence-electron chi connectivity index (χ2n) is 9.26. The molecule has 148 valence electrons. The summed E-state index contributed by atoms with van der Waals surface area (Å²) in [4.78, 5) is 0. The topological polar surface area (TPSA) is 12.0 Å². The van der Waals surface area contributed by atoms with Gasteiger partial charge in [-0.15, -0.1) is 11.8 Å². The SMILES string of the molecule is CC(C)C1=CC(C2C=CC=CC2)=C(C2CCC=C3C4C=CCCC4SC32)CN1. The Labute approximate surface area is 174 Å². The molecule has 0 saturated carbocycles. The third-order valence-electron chi connectivity index (χ3n) is 7.23. The van der Waals surface area contributed by atoms with Crippen LogP contribution in [0.5, 0.6) is 0 Å². The summed E-state index contributed by atoms with van der Waals surface area (Å²) in [5, 5.41) is 5.32. The second-order valence-corrected chi connectivity index (χ2v) is 10.6. The summed E-state index contributed by atoms with van der Waals surface area (Å²) in [6.45, 7) is 5.67. The zero-order chi connectivity index (χ0) is 19.1. The number of thioether (sulfide) groups is 1. The molecule has 1 N–H and O–H groups in total. The Hall–Kier alpha value is -1.41. The monoisotopic (exact) mass is 391 g/mol. The molecule has 0 amide bonds. The molecule has 0 aromatic heterocycles. The lowest BCUT2D eigenvalue weighted by Crippen LogP contribution is -2.34. The summed E-state index contributed by atoms with van der Waals surface area (Å²) in [7, 11) is 0. The summed E-state index contributed by atoms with van der Waals surface area (Å²) in [6.07, 6.45) is 25.7. The third kappa shape index (κ3) is 3.28. The van der Waals surface area contributed by atoms with Crippen LogP contribution in [0.15, 0.2) is 71.0 Å². The lowest BCUT2D eigenvalue weighted by atomic mass is 9.73. The maximum absolute atomic E-state index is 3.80. The minimum Gasteiger partial charge on any atom is -0.384 e. The van der Waals surface area contributed by atoms with Gasteiger partial charge in [-0.25, -0.2) is 0 Å². The van der Waals surface area contributed by atoms with Crippen LogP contribution in [-0.2, 0) is 0 Å². The van der Waals surface area contributed by atoms with E-state index >= 15 is 0 Å². The molecule has 5 aliphatic rings. The lowest BCUT2D eigenvalue weighted by molar-refractivity contribution is 0.494. The second kappa shape index (κ2) is 7.78. The van der Waals surface area contributed by atoms with Crippen LogP contribution in [0.4, 0.5) is 0 Å². The molecule has 5 unspecified atom stereocenters. The molecule has 0 radical (unpaired) electrons. The Bertz CT molecular complexity index is 806. The molecule has 1 saturated heterocycles. The van der Waals surface area contributed by atoms with Gasteiger partial charge in [0.15, 0.2) is 0 Å². The van der Waals surface area contributed by atoms with Gasteiger partial charge in [-0.2, -0.15) is 0 Å². The van der Waals surface area contributed by atoms with Crippen LogP contribution >= 0.6 is 11.8 Å². The van der Waals surface area contributed by atoms with Gasteiger partial charge in [-0.1, -0.05) is 62.0 Å². The minimum atomic E-state index is 0.554. The van der Waals surface area contributed by atoms with E-state index in [-0.39, 0.29) is 0 Å². The average Bonchev–Trinajstić information content (AvgIpc) is 3.13. The van der Waals surface area contributed by atoms with Gasteiger partial charge in [0.2, 0.25) is 0 Å². The van der Waals surface area contributed by atoms with Crippen LogP contribution in [0, 0.1) is 23.7 Å². The van der Waals surface area contributed by atoms with Crippen molar-refractivity contribution in [2.45, 2.75) is 56.5 Å². The molecule has 28 heavy (non-hydrogen) atoms. The third-order valence-corrected chi connectivity index (χ3v) is 9.01. The van der Waals surface area contributed by atoms with E-state index in [2.05, 4.69) is 79.5 Å². The van der Waals surface area contributed by atoms with E-state index in [1.807, 2.05) is 0 Å². The van der Waals surface area contributed by atoms with Crippen molar-refractivity contribution in [1.29, 1.82) is 0 Å². The van der Waals surface area contributed by atoms with Crippen molar-refractivity contribution in [3.8, 4) is 0 Å². The van der Waals surface area contributed by atoms with E-state index in [9.17, 15) is 0 Å². The van der Waals surface area contributed by atoms with Crippen molar-refractivity contribution in [1.82, 2.24) is 5.32 Å². The van der Waals surface area contributed by atoms with Gasteiger partial charge in [0.05, 0.1) is 0 Å². The molecule has 0 bridgehead atoms. The summed E-state index contributed by atoms with van der Waals surface area (Å²) in [6, 6.07) is 0. The zero-order valence-electron chi connectivity index (χ0n) is 17.2. The molecule has 5 rings (SSSR count). The number of rotatable bonds is 3. The van der Waals surface area contributed by atoms with Crippen molar-refractivity contribution in [3.63, 3.8) is 0 Å². The van der Waals surface area contributed by atoms with Crippen LogP contribution < -0.4 is 5.32 Å². The normalized spacial score (nSPS) is 36.8. The number of nitrogens with one attached hydrogen (secondary N) is 1. The number of dihydropyridines is 1. The summed E-state index contributed by atoms with van der Waals surface area (Å²) >= 11 is 2.30. The minimum absolute atomic E-state index is 0.554. The number of hydrogen-bond donors (Lipinski definition) is 1. The van der Waals surface area contributed by atoms with E-state index in [1.54, 1.807) is 16.7 Å². The largest absolute Gasteiger partial charge is 0.384 e. The van der Waals surface area contributed by atoms with E-state index in [0.29, 0.717) is 28.9 Å². The van der Waals surface area contributed by atoms with Gasteiger partial charge in [-0.05, 0) is 61.2 Å². The molecule has 2 heteroatoms. The molecule has 1 fully saturated rings. The fourth-order valence-corrected chi connectivity index (χ4v) is 7.71. The molecule has 1 nitrogen and oxygen atoms in total. The highest BCUT2D eigenvalue weighted by Crippen LogP contribution is 2.54. The van der Waals surface area contributed by atoms with Gasteiger partial charge < -0.3 is 5.32 Å². The van der Waals surface area contributed by atoms with Crippen LogP contribution in [0.1, 0.15) is 46.0 Å². The van der Waals surface area contributed by atoms with Gasteiger partial charge >= 0.3 is 0 Å². The summed E-state index contributed by atoms with van der Waals surface area (Å²) in [5.41, 5.74) is 6.51. The van der Waals surface area contributed by atoms with E-state index in [0.717, 1.165) is 18.2 Å². The zero-order valence-corrected chi connectivity index (χ0v) is 18.1. The van der Waals surface area contributed by atoms with Gasteiger partial charge in [0, 0.05) is 34.6 Å². The fraction of sp³-hybridized carbons (Fsp3) is 0.538. The highest BCUT2D eigenvalue weighted by molar-refractivity contribution is 8.01. The Kier molecular flexibility index (Phi) is 5.17. The van der Waals surface area contributed by atoms with Crippen molar-refractivity contribution in [3.05, 3.63) is 71.0 Å². The van der Waals surface area contributed by atoms with Crippen LogP contribution in [0.2, 0.25) is 0 Å². The van der Waals surface area contributed by atoms with Crippen molar-refractivity contribution in [2.75, 3.05) is 6.54 Å². The predicted molar refractivity (Wildman–Crippen MR) is 122 cm³/mol. The van der Waals surface area contributed by atoms with Gasteiger partial charge in [0.25, 0.3) is 0 Å². The Morgan fingerprint density at radius 3 is 2.82 bits per heavy atom. The number of hydrogen-bond acceptors (Lipinski definition) is 2. The smallest absolute Gasteiger partial charge is 0.0366 e.